The van der Waals surface area contributed by atoms with Gasteiger partial charge in [-0.15, -0.1) is 0 Å². The molecule has 2 aromatic rings. The van der Waals surface area contributed by atoms with Crippen LogP contribution in [0.4, 0.5) is 0 Å². The zero-order valence-electron chi connectivity index (χ0n) is 11.7. The summed E-state index contributed by atoms with van der Waals surface area (Å²) in [6.07, 6.45) is 1.11. The van der Waals surface area contributed by atoms with Crippen LogP contribution in [0.5, 0.6) is 11.5 Å². The first-order chi connectivity index (χ1) is 9.60. The maximum atomic E-state index is 9.29. The van der Waals surface area contributed by atoms with Gasteiger partial charge in [0, 0.05) is 0 Å². The Bertz CT molecular complexity index is 564. The van der Waals surface area contributed by atoms with Crippen molar-refractivity contribution in [3.8, 4) is 22.6 Å². The van der Waals surface area contributed by atoms with E-state index in [0.717, 1.165) is 34.4 Å². The van der Waals surface area contributed by atoms with Crippen LogP contribution in [0.3, 0.4) is 0 Å². The van der Waals surface area contributed by atoms with Crippen molar-refractivity contribution in [2.24, 2.45) is 5.92 Å². The smallest absolute Gasteiger partial charge is 0.133 e. The van der Waals surface area contributed by atoms with Gasteiger partial charge >= 0.3 is 0 Å². The molecular formula is C17H18BrO2. The number of aromatic hydroxyl groups is 1. The number of hydrogen-bond acceptors (Lipinski definition) is 2. The van der Waals surface area contributed by atoms with Crippen LogP contribution in [0.25, 0.3) is 11.1 Å². The molecule has 0 amide bonds. The molecule has 2 aromatic carbocycles. The van der Waals surface area contributed by atoms with Gasteiger partial charge in [0.1, 0.15) is 11.5 Å². The SMILES string of the molecule is CCC(C)COc1ccc(-c2[c]cc(O)cc2)cc1Br. The van der Waals surface area contributed by atoms with Crippen molar-refractivity contribution in [1.82, 2.24) is 0 Å². The second-order valence-corrected chi connectivity index (χ2v) is 5.78. The summed E-state index contributed by atoms with van der Waals surface area (Å²) in [4.78, 5) is 0. The lowest BCUT2D eigenvalue weighted by Gasteiger charge is -2.13. The fourth-order valence-corrected chi connectivity index (χ4v) is 2.22. The van der Waals surface area contributed by atoms with Crippen LogP contribution in [0.15, 0.2) is 40.9 Å². The lowest BCUT2D eigenvalue weighted by atomic mass is 10.1. The molecule has 2 rings (SSSR count). The molecule has 0 saturated carbocycles. The van der Waals surface area contributed by atoms with Gasteiger partial charge < -0.3 is 9.84 Å². The average Bonchev–Trinajstić information content (AvgIpc) is 2.46. The maximum Gasteiger partial charge on any atom is 0.133 e. The second kappa shape index (κ2) is 6.80. The van der Waals surface area contributed by atoms with Crippen LogP contribution < -0.4 is 4.74 Å². The van der Waals surface area contributed by atoms with Crippen molar-refractivity contribution in [3.63, 3.8) is 0 Å². The van der Waals surface area contributed by atoms with Crippen LogP contribution in [0.1, 0.15) is 20.3 Å². The maximum absolute atomic E-state index is 9.29. The molecule has 0 aliphatic carbocycles. The molecule has 20 heavy (non-hydrogen) atoms. The molecule has 0 saturated heterocycles. The molecule has 1 N–H and O–H groups in total. The summed E-state index contributed by atoms with van der Waals surface area (Å²) in [5.74, 6) is 1.63. The predicted octanol–water partition coefficient (Wildman–Crippen LogP) is 5.05. The lowest BCUT2D eigenvalue weighted by molar-refractivity contribution is 0.255. The molecule has 0 aliphatic rings. The first kappa shape index (κ1) is 14.9. The Morgan fingerprint density at radius 1 is 1.30 bits per heavy atom. The summed E-state index contributed by atoms with van der Waals surface area (Å²) < 4.78 is 6.73. The van der Waals surface area contributed by atoms with E-state index in [1.807, 2.05) is 24.3 Å². The van der Waals surface area contributed by atoms with E-state index in [1.54, 1.807) is 12.1 Å². The fourth-order valence-electron chi connectivity index (χ4n) is 1.73. The average molecular weight is 334 g/mol. The normalized spacial score (nSPS) is 12.2. The number of benzene rings is 2. The Labute approximate surface area is 128 Å². The van der Waals surface area contributed by atoms with Crippen molar-refractivity contribution in [2.75, 3.05) is 6.61 Å². The fraction of sp³-hybridized carbons (Fsp3) is 0.294. The Morgan fingerprint density at radius 2 is 2.10 bits per heavy atom. The molecule has 1 atom stereocenters. The van der Waals surface area contributed by atoms with Gasteiger partial charge in [0.15, 0.2) is 0 Å². The van der Waals surface area contributed by atoms with Crippen molar-refractivity contribution < 1.29 is 9.84 Å². The largest absolute Gasteiger partial charge is 0.508 e. The quantitative estimate of drug-likeness (QED) is 0.829. The van der Waals surface area contributed by atoms with E-state index in [2.05, 4.69) is 35.8 Å². The van der Waals surface area contributed by atoms with Crippen molar-refractivity contribution in [2.45, 2.75) is 20.3 Å². The zero-order chi connectivity index (χ0) is 14.5. The molecule has 105 valence electrons. The van der Waals surface area contributed by atoms with Gasteiger partial charge in [-0.2, -0.15) is 0 Å². The third kappa shape index (κ3) is 3.76. The topological polar surface area (TPSA) is 29.5 Å². The first-order valence-corrected chi connectivity index (χ1v) is 7.53. The van der Waals surface area contributed by atoms with Gasteiger partial charge in [-0.25, -0.2) is 0 Å². The molecule has 0 bridgehead atoms. The minimum Gasteiger partial charge on any atom is -0.508 e. The second-order valence-electron chi connectivity index (χ2n) is 4.93. The Hall–Kier alpha value is -1.48. The number of phenols is 1. The molecule has 0 aliphatic heterocycles. The van der Waals surface area contributed by atoms with E-state index in [4.69, 9.17) is 4.74 Å². The molecule has 1 unspecified atom stereocenters. The minimum absolute atomic E-state index is 0.223. The standard InChI is InChI=1S/C17H18BrO2/c1-3-12(2)11-20-17-9-6-14(10-16(17)18)13-4-7-15(19)8-5-13/h4,6-10,12,19H,3,11H2,1-2H3. The summed E-state index contributed by atoms with van der Waals surface area (Å²) in [5, 5.41) is 9.29. The van der Waals surface area contributed by atoms with Crippen LogP contribution in [0.2, 0.25) is 0 Å². The van der Waals surface area contributed by atoms with E-state index in [-0.39, 0.29) is 5.75 Å². The third-order valence-electron chi connectivity index (χ3n) is 3.26. The number of hydrogen-bond donors (Lipinski definition) is 1. The molecule has 3 heteroatoms. The molecule has 0 fully saturated rings. The molecule has 0 aromatic heterocycles. The summed E-state index contributed by atoms with van der Waals surface area (Å²) >= 11 is 3.54. The van der Waals surface area contributed by atoms with Crippen molar-refractivity contribution in [3.05, 3.63) is 46.9 Å². The number of halogens is 1. The van der Waals surface area contributed by atoms with E-state index in [1.165, 1.54) is 0 Å². The van der Waals surface area contributed by atoms with E-state index < -0.39 is 0 Å². The van der Waals surface area contributed by atoms with E-state index in [0.29, 0.717) is 5.92 Å². The number of ether oxygens (including phenoxy) is 1. The number of rotatable bonds is 5. The van der Waals surface area contributed by atoms with Crippen molar-refractivity contribution in [1.29, 1.82) is 0 Å². The van der Waals surface area contributed by atoms with E-state index >= 15 is 0 Å². The van der Waals surface area contributed by atoms with Gasteiger partial charge in [-0.1, -0.05) is 32.4 Å². The Balaban J connectivity index is 2.15. The van der Waals surface area contributed by atoms with Gasteiger partial charge in [0.05, 0.1) is 11.1 Å². The first-order valence-electron chi connectivity index (χ1n) is 6.73. The highest BCUT2D eigenvalue weighted by atomic mass is 79.9. The van der Waals surface area contributed by atoms with Crippen LogP contribution >= 0.6 is 15.9 Å². The lowest BCUT2D eigenvalue weighted by Crippen LogP contribution is -2.07. The highest BCUT2D eigenvalue weighted by Gasteiger charge is 2.06. The highest BCUT2D eigenvalue weighted by molar-refractivity contribution is 9.10. The van der Waals surface area contributed by atoms with Crippen LogP contribution in [-0.4, -0.2) is 11.7 Å². The monoisotopic (exact) mass is 333 g/mol. The Morgan fingerprint density at radius 3 is 2.70 bits per heavy atom. The molecule has 0 spiro atoms. The van der Waals surface area contributed by atoms with Gasteiger partial charge in [0.25, 0.3) is 0 Å². The van der Waals surface area contributed by atoms with E-state index in [9.17, 15) is 5.11 Å². The van der Waals surface area contributed by atoms with Crippen LogP contribution in [-0.2, 0) is 0 Å². The summed E-state index contributed by atoms with van der Waals surface area (Å²) in [7, 11) is 0. The predicted molar refractivity (Wildman–Crippen MR) is 85.0 cm³/mol. The van der Waals surface area contributed by atoms with Gasteiger partial charge in [-0.05, 0) is 63.3 Å². The molecule has 2 nitrogen and oxygen atoms in total. The number of phenolic OH excluding ortho intramolecular Hbond substituents is 1. The molecular weight excluding hydrogens is 316 g/mol. The minimum atomic E-state index is 0.223. The summed E-state index contributed by atoms with van der Waals surface area (Å²) in [6, 6.07) is 14.1. The summed E-state index contributed by atoms with van der Waals surface area (Å²) in [6.45, 7) is 5.06. The highest BCUT2D eigenvalue weighted by Crippen LogP contribution is 2.31. The molecule has 0 heterocycles. The van der Waals surface area contributed by atoms with Gasteiger partial charge in [0.2, 0.25) is 0 Å². The van der Waals surface area contributed by atoms with Crippen molar-refractivity contribution >= 4 is 15.9 Å². The summed E-state index contributed by atoms with van der Waals surface area (Å²) in [5.41, 5.74) is 1.98. The third-order valence-corrected chi connectivity index (χ3v) is 3.88. The van der Waals surface area contributed by atoms with Crippen LogP contribution in [0, 0.1) is 12.0 Å². The Kier molecular flexibility index (Phi) is 5.07. The molecule has 1 radical (unpaired) electrons. The zero-order valence-corrected chi connectivity index (χ0v) is 13.3. The van der Waals surface area contributed by atoms with Gasteiger partial charge in [-0.3, -0.25) is 0 Å².